The van der Waals surface area contributed by atoms with E-state index in [0.717, 1.165) is 33.1 Å². The van der Waals surface area contributed by atoms with Crippen LogP contribution >= 0.6 is 11.3 Å². The van der Waals surface area contributed by atoms with Crippen LogP contribution in [0.2, 0.25) is 0 Å². The molecule has 2 aromatic heterocycles. The number of esters is 1. The molecule has 0 unspecified atom stereocenters. The Bertz CT molecular complexity index is 1270. The number of amides is 1. The van der Waals surface area contributed by atoms with E-state index in [0.29, 0.717) is 23.4 Å². The molecule has 2 heterocycles. The number of nitrogens with zero attached hydrogens (tertiary/aromatic N) is 2. The lowest BCUT2D eigenvalue weighted by atomic mass is 10.1. The van der Waals surface area contributed by atoms with Gasteiger partial charge in [0.1, 0.15) is 4.88 Å². The van der Waals surface area contributed by atoms with E-state index in [2.05, 4.69) is 10.4 Å². The Balaban J connectivity index is 1.43. The average Bonchev–Trinajstić information content (AvgIpc) is 3.40. The number of ether oxygens (including phenoxy) is 1. The minimum Gasteiger partial charge on any atom is -0.465 e. The molecule has 0 spiro atoms. The number of hydrogen-bond acceptors (Lipinski definition) is 5. The van der Waals surface area contributed by atoms with Crippen molar-refractivity contribution in [2.24, 2.45) is 0 Å². The summed E-state index contributed by atoms with van der Waals surface area (Å²) in [7, 11) is 1.34. The molecule has 7 heteroatoms. The fourth-order valence-electron chi connectivity index (χ4n) is 3.64. The van der Waals surface area contributed by atoms with Crippen LogP contribution in [0.3, 0.4) is 0 Å². The monoisotopic (exact) mass is 459 g/mol. The first kappa shape index (κ1) is 22.5. The maximum atomic E-state index is 12.7. The molecule has 0 radical (unpaired) electrons. The Morgan fingerprint density at radius 3 is 2.39 bits per heavy atom. The zero-order chi connectivity index (χ0) is 23.4. The molecule has 33 heavy (non-hydrogen) atoms. The van der Waals surface area contributed by atoms with Gasteiger partial charge in [0.05, 0.1) is 24.2 Å². The van der Waals surface area contributed by atoms with Crippen molar-refractivity contribution in [2.75, 3.05) is 12.4 Å². The molecule has 0 bridgehead atoms. The van der Waals surface area contributed by atoms with Crippen molar-refractivity contribution in [3.63, 3.8) is 0 Å². The highest BCUT2D eigenvalue weighted by Gasteiger charge is 2.19. The van der Waals surface area contributed by atoms with Crippen LogP contribution in [0, 0.1) is 13.8 Å². The molecule has 1 amide bonds. The Morgan fingerprint density at radius 1 is 1.03 bits per heavy atom. The summed E-state index contributed by atoms with van der Waals surface area (Å²) in [5, 5.41) is 7.39. The van der Waals surface area contributed by atoms with Gasteiger partial charge in [-0.25, -0.2) is 9.48 Å². The van der Waals surface area contributed by atoms with E-state index in [1.54, 1.807) is 0 Å². The predicted octanol–water partition coefficient (Wildman–Crippen LogP) is 5.58. The van der Waals surface area contributed by atoms with E-state index >= 15 is 0 Å². The quantitative estimate of drug-likeness (QED) is 0.367. The first-order chi connectivity index (χ1) is 15.9. The highest BCUT2D eigenvalue weighted by molar-refractivity contribution is 7.18. The summed E-state index contributed by atoms with van der Waals surface area (Å²) in [5.41, 5.74) is 5.56. The van der Waals surface area contributed by atoms with Crippen molar-refractivity contribution in [2.45, 2.75) is 26.7 Å². The van der Waals surface area contributed by atoms with Crippen molar-refractivity contribution < 1.29 is 14.3 Å². The lowest BCUT2D eigenvalue weighted by Crippen LogP contribution is -2.14. The summed E-state index contributed by atoms with van der Waals surface area (Å²) in [6.07, 6.45) is 0.892. The van der Waals surface area contributed by atoms with Crippen LogP contribution in [0.4, 0.5) is 5.69 Å². The van der Waals surface area contributed by atoms with Crippen LogP contribution < -0.4 is 5.32 Å². The van der Waals surface area contributed by atoms with Gasteiger partial charge < -0.3 is 10.1 Å². The Morgan fingerprint density at radius 2 is 1.76 bits per heavy atom. The number of benzene rings is 2. The van der Waals surface area contributed by atoms with E-state index in [9.17, 15) is 9.59 Å². The number of aryl methyl sites for hydroxylation is 3. The van der Waals surface area contributed by atoms with Crippen molar-refractivity contribution in [3.05, 3.63) is 88.6 Å². The number of nitrogens with one attached hydrogen (secondary N) is 1. The van der Waals surface area contributed by atoms with Crippen molar-refractivity contribution >= 4 is 28.9 Å². The van der Waals surface area contributed by atoms with Crippen LogP contribution in [0.5, 0.6) is 0 Å². The minimum atomic E-state index is -0.461. The summed E-state index contributed by atoms with van der Waals surface area (Å²) in [6, 6.07) is 21.6. The molecule has 0 aliphatic carbocycles. The van der Waals surface area contributed by atoms with Crippen molar-refractivity contribution in [3.8, 4) is 16.1 Å². The molecule has 2 aromatic carbocycles. The topological polar surface area (TPSA) is 73.2 Å². The number of carbonyl (C=O) groups excluding carboxylic acids is 2. The predicted molar refractivity (Wildman–Crippen MR) is 131 cm³/mol. The molecule has 1 N–H and O–H groups in total. The van der Waals surface area contributed by atoms with Crippen LogP contribution in [0.25, 0.3) is 16.1 Å². The molecule has 4 rings (SSSR count). The van der Waals surface area contributed by atoms with Gasteiger partial charge in [-0.15, -0.1) is 11.3 Å². The molecule has 6 nitrogen and oxygen atoms in total. The molecule has 168 valence electrons. The molecule has 0 saturated carbocycles. The van der Waals surface area contributed by atoms with E-state index in [1.807, 2.05) is 85.3 Å². The maximum Gasteiger partial charge on any atom is 0.350 e. The number of hydrogen-bond donors (Lipinski definition) is 1. The number of aromatic nitrogens is 2. The average molecular weight is 460 g/mol. The second-order valence-corrected chi connectivity index (χ2v) is 8.82. The Kier molecular flexibility index (Phi) is 6.70. The van der Waals surface area contributed by atoms with Gasteiger partial charge in [-0.2, -0.15) is 5.10 Å². The largest absolute Gasteiger partial charge is 0.465 e. The summed E-state index contributed by atoms with van der Waals surface area (Å²) in [4.78, 5) is 26.2. The van der Waals surface area contributed by atoms with Gasteiger partial charge in [0.25, 0.3) is 0 Å². The second-order valence-electron chi connectivity index (χ2n) is 7.76. The lowest BCUT2D eigenvalue weighted by Gasteiger charge is -2.07. The maximum absolute atomic E-state index is 12.7. The van der Waals surface area contributed by atoms with E-state index in [1.165, 1.54) is 18.4 Å². The standard InChI is InChI=1S/C26H25N3O3S/c1-17-15-18(2)29(28-17)21-12-9-19(10-13-21)11-14-24(30)27-22-16-23(20-7-5-4-6-8-20)33-25(22)26(31)32-3/h4-10,12-13,15-16H,11,14H2,1-3H3,(H,27,30). The molecular weight excluding hydrogens is 434 g/mol. The van der Waals surface area contributed by atoms with Gasteiger partial charge >= 0.3 is 5.97 Å². The summed E-state index contributed by atoms with van der Waals surface area (Å²) in [5.74, 6) is -0.614. The third kappa shape index (κ3) is 5.21. The Labute approximate surface area is 196 Å². The fraction of sp³-hybridized carbons (Fsp3) is 0.192. The second kappa shape index (κ2) is 9.83. The first-order valence-corrected chi connectivity index (χ1v) is 11.5. The molecular formula is C26H25N3O3S. The van der Waals surface area contributed by atoms with Gasteiger partial charge in [0.15, 0.2) is 0 Å². The van der Waals surface area contributed by atoms with E-state index in [-0.39, 0.29) is 5.91 Å². The molecule has 0 saturated heterocycles. The van der Waals surface area contributed by atoms with Crippen molar-refractivity contribution in [1.29, 1.82) is 0 Å². The SMILES string of the molecule is COC(=O)c1sc(-c2ccccc2)cc1NC(=O)CCc1ccc(-n2nc(C)cc2C)cc1. The number of carbonyl (C=O) groups is 2. The van der Waals surface area contributed by atoms with Gasteiger partial charge in [-0.1, -0.05) is 42.5 Å². The highest BCUT2D eigenvalue weighted by Crippen LogP contribution is 2.35. The number of methoxy groups -OCH3 is 1. The molecule has 4 aromatic rings. The highest BCUT2D eigenvalue weighted by atomic mass is 32.1. The smallest absolute Gasteiger partial charge is 0.350 e. The number of thiophene rings is 1. The van der Waals surface area contributed by atoms with Gasteiger partial charge in [0, 0.05) is 17.0 Å². The first-order valence-electron chi connectivity index (χ1n) is 10.6. The zero-order valence-corrected chi connectivity index (χ0v) is 19.6. The van der Waals surface area contributed by atoms with Crippen molar-refractivity contribution in [1.82, 2.24) is 9.78 Å². The van der Waals surface area contributed by atoms with Crippen LogP contribution in [0.1, 0.15) is 33.0 Å². The van der Waals surface area contributed by atoms with Gasteiger partial charge in [0.2, 0.25) is 5.91 Å². The number of rotatable bonds is 7. The normalized spacial score (nSPS) is 10.8. The Hall–Kier alpha value is -3.71. The lowest BCUT2D eigenvalue weighted by molar-refractivity contribution is -0.116. The summed E-state index contributed by atoms with van der Waals surface area (Å²) < 4.78 is 6.81. The van der Waals surface area contributed by atoms with Gasteiger partial charge in [-0.05, 0) is 55.7 Å². The third-order valence-electron chi connectivity index (χ3n) is 5.27. The van der Waals surface area contributed by atoms with E-state index < -0.39 is 5.97 Å². The molecule has 0 aliphatic rings. The zero-order valence-electron chi connectivity index (χ0n) is 18.8. The fourth-order valence-corrected chi connectivity index (χ4v) is 4.67. The molecule has 0 aliphatic heterocycles. The van der Waals surface area contributed by atoms with E-state index in [4.69, 9.17) is 4.74 Å². The van der Waals surface area contributed by atoms with Crippen LogP contribution in [-0.2, 0) is 16.0 Å². The van der Waals surface area contributed by atoms with Crippen LogP contribution in [0.15, 0.2) is 66.7 Å². The third-order valence-corrected chi connectivity index (χ3v) is 6.43. The van der Waals surface area contributed by atoms with Gasteiger partial charge in [-0.3, -0.25) is 4.79 Å². The molecule has 0 fully saturated rings. The summed E-state index contributed by atoms with van der Waals surface area (Å²) >= 11 is 1.31. The molecule has 0 atom stereocenters. The summed E-state index contributed by atoms with van der Waals surface area (Å²) in [6.45, 7) is 3.99. The number of anilines is 1. The van der Waals surface area contributed by atoms with Crippen LogP contribution in [-0.4, -0.2) is 28.8 Å². The minimum absolute atomic E-state index is 0.153.